The molecular formula is C11H12N4O. The Morgan fingerprint density at radius 3 is 2.81 bits per heavy atom. The second-order valence-electron chi connectivity index (χ2n) is 3.24. The van der Waals surface area contributed by atoms with Crippen LogP contribution in [-0.4, -0.2) is 22.1 Å². The van der Waals surface area contributed by atoms with Crippen molar-refractivity contribution in [3.63, 3.8) is 0 Å². The van der Waals surface area contributed by atoms with Crippen LogP contribution in [0, 0.1) is 0 Å². The fraction of sp³-hybridized carbons (Fsp3) is 0.182. The molecule has 0 aromatic carbocycles. The number of pyridine rings is 1. The highest BCUT2D eigenvalue weighted by atomic mass is 16.5. The summed E-state index contributed by atoms with van der Waals surface area (Å²) < 4.78 is 5.17. The number of nitrogens with two attached hydrogens (primary N) is 1. The number of nitrogen functional groups attached to an aromatic ring is 1. The number of methoxy groups -OCH3 is 1. The molecule has 0 saturated heterocycles. The Labute approximate surface area is 93.3 Å². The van der Waals surface area contributed by atoms with E-state index in [1.54, 1.807) is 13.3 Å². The Morgan fingerprint density at radius 1 is 1.25 bits per heavy atom. The number of hydrogen-bond donors (Lipinski definition) is 1. The van der Waals surface area contributed by atoms with Crippen LogP contribution in [0.25, 0.3) is 0 Å². The summed E-state index contributed by atoms with van der Waals surface area (Å²) in [6, 6.07) is 5.73. The van der Waals surface area contributed by atoms with Crippen LogP contribution in [0.2, 0.25) is 0 Å². The van der Waals surface area contributed by atoms with E-state index in [1.807, 2.05) is 18.2 Å². The minimum atomic E-state index is 0.350. The molecule has 0 unspecified atom stereocenters. The maximum absolute atomic E-state index is 5.69. The molecule has 0 bridgehead atoms. The van der Waals surface area contributed by atoms with Crippen LogP contribution in [0.3, 0.4) is 0 Å². The monoisotopic (exact) mass is 216 g/mol. The fourth-order valence-corrected chi connectivity index (χ4v) is 1.45. The Balaban J connectivity index is 2.31. The SMILES string of the molecule is COc1c(N)ncnc1Cc1ccccn1. The van der Waals surface area contributed by atoms with Crippen LogP contribution < -0.4 is 10.5 Å². The molecule has 2 aromatic heterocycles. The van der Waals surface area contributed by atoms with Gasteiger partial charge >= 0.3 is 0 Å². The van der Waals surface area contributed by atoms with Gasteiger partial charge in [0.2, 0.25) is 0 Å². The Morgan fingerprint density at radius 2 is 2.12 bits per heavy atom. The van der Waals surface area contributed by atoms with E-state index in [4.69, 9.17) is 10.5 Å². The average Bonchev–Trinajstić information content (AvgIpc) is 2.31. The lowest BCUT2D eigenvalue weighted by molar-refractivity contribution is 0.408. The number of ether oxygens (including phenoxy) is 1. The van der Waals surface area contributed by atoms with Crippen LogP contribution in [-0.2, 0) is 6.42 Å². The van der Waals surface area contributed by atoms with E-state index in [9.17, 15) is 0 Å². The van der Waals surface area contributed by atoms with Crippen molar-refractivity contribution in [2.24, 2.45) is 0 Å². The van der Waals surface area contributed by atoms with Gasteiger partial charge in [-0.05, 0) is 12.1 Å². The molecule has 82 valence electrons. The van der Waals surface area contributed by atoms with Gasteiger partial charge in [0.25, 0.3) is 0 Å². The first-order valence-electron chi connectivity index (χ1n) is 4.84. The Hall–Kier alpha value is -2.17. The first-order chi connectivity index (χ1) is 7.81. The number of aromatic nitrogens is 3. The van der Waals surface area contributed by atoms with E-state index in [2.05, 4.69) is 15.0 Å². The van der Waals surface area contributed by atoms with Gasteiger partial charge < -0.3 is 10.5 Å². The van der Waals surface area contributed by atoms with Crippen molar-refractivity contribution in [3.8, 4) is 5.75 Å². The van der Waals surface area contributed by atoms with Crippen molar-refractivity contribution in [2.75, 3.05) is 12.8 Å². The molecule has 2 rings (SSSR count). The molecule has 0 amide bonds. The molecular weight excluding hydrogens is 204 g/mol. The van der Waals surface area contributed by atoms with Crippen molar-refractivity contribution < 1.29 is 4.74 Å². The summed E-state index contributed by atoms with van der Waals surface area (Å²) in [7, 11) is 1.55. The lowest BCUT2D eigenvalue weighted by Crippen LogP contribution is -2.03. The molecule has 0 spiro atoms. The van der Waals surface area contributed by atoms with Gasteiger partial charge in [-0.3, -0.25) is 4.98 Å². The van der Waals surface area contributed by atoms with E-state index in [1.165, 1.54) is 6.33 Å². The van der Waals surface area contributed by atoms with Gasteiger partial charge in [0.15, 0.2) is 11.6 Å². The van der Waals surface area contributed by atoms with Crippen molar-refractivity contribution in [3.05, 3.63) is 42.1 Å². The third-order valence-electron chi connectivity index (χ3n) is 2.18. The maximum atomic E-state index is 5.69. The third kappa shape index (κ3) is 2.08. The summed E-state index contributed by atoms with van der Waals surface area (Å²) in [5.41, 5.74) is 7.35. The average molecular weight is 216 g/mol. The number of hydrogen-bond acceptors (Lipinski definition) is 5. The van der Waals surface area contributed by atoms with Crippen molar-refractivity contribution in [1.29, 1.82) is 0 Å². The molecule has 0 aliphatic rings. The van der Waals surface area contributed by atoms with E-state index in [0.29, 0.717) is 18.0 Å². The van der Waals surface area contributed by atoms with Crippen LogP contribution >= 0.6 is 0 Å². The lowest BCUT2D eigenvalue weighted by atomic mass is 10.2. The maximum Gasteiger partial charge on any atom is 0.182 e. The molecule has 0 fully saturated rings. The van der Waals surface area contributed by atoms with Gasteiger partial charge in [0.1, 0.15) is 6.33 Å². The highest BCUT2D eigenvalue weighted by Gasteiger charge is 2.10. The molecule has 0 atom stereocenters. The normalized spacial score (nSPS) is 10.1. The highest BCUT2D eigenvalue weighted by Crippen LogP contribution is 2.23. The van der Waals surface area contributed by atoms with Crippen molar-refractivity contribution in [1.82, 2.24) is 15.0 Å². The summed E-state index contributed by atoms with van der Waals surface area (Å²) in [6.45, 7) is 0. The van der Waals surface area contributed by atoms with Gasteiger partial charge in [-0.1, -0.05) is 6.07 Å². The second-order valence-corrected chi connectivity index (χ2v) is 3.24. The Kier molecular flexibility index (Phi) is 2.95. The number of rotatable bonds is 3. The van der Waals surface area contributed by atoms with E-state index >= 15 is 0 Å². The van der Waals surface area contributed by atoms with Crippen molar-refractivity contribution >= 4 is 5.82 Å². The van der Waals surface area contributed by atoms with Crippen molar-refractivity contribution in [2.45, 2.75) is 6.42 Å². The second kappa shape index (κ2) is 4.57. The third-order valence-corrected chi connectivity index (χ3v) is 2.18. The highest BCUT2D eigenvalue weighted by molar-refractivity contribution is 5.48. The molecule has 0 saturated carbocycles. The fourth-order valence-electron chi connectivity index (χ4n) is 1.45. The molecule has 2 heterocycles. The van der Waals surface area contributed by atoms with E-state index in [0.717, 1.165) is 11.4 Å². The topological polar surface area (TPSA) is 73.9 Å². The van der Waals surface area contributed by atoms with Gasteiger partial charge in [0, 0.05) is 18.3 Å². The van der Waals surface area contributed by atoms with Crippen LogP contribution in [0.4, 0.5) is 5.82 Å². The summed E-state index contributed by atoms with van der Waals surface area (Å²) >= 11 is 0. The summed E-state index contributed by atoms with van der Waals surface area (Å²) in [4.78, 5) is 12.2. The van der Waals surface area contributed by atoms with Crippen LogP contribution in [0.15, 0.2) is 30.7 Å². The molecule has 2 N–H and O–H groups in total. The predicted octanol–water partition coefficient (Wildman–Crippen LogP) is 1.05. The molecule has 0 aliphatic heterocycles. The quantitative estimate of drug-likeness (QED) is 0.830. The minimum Gasteiger partial charge on any atom is -0.491 e. The lowest BCUT2D eigenvalue weighted by Gasteiger charge is -2.08. The molecule has 0 radical (unpaired) electrons. The first-order valence-corrected chi connectivity index (χ1v) is 4.84. The largest absolute Gasteiger partial charge is 0.491 e. The van der Waals surface area contributed by atoms with E-state index in [-0.39, 0.29) is 0 Å². The summed E-state index contributed by atoms with van der Waals surface area (Å²) in [5, 5.41) is 0. The molecule has 2 aromatic rings. The zero-order chi connectivity index (χ0) is 11.4. The minimum absolute atomic E-state index is 0.350. The predicted molar refractivity (Wildman–Crippen MR) is 60.0 cm³/mol. The zero-order valence-corrected chi connectivity index (χ0v) is 8.92. The van der Waals surface area contributed by atoms with Gasteiger partial charge in [-0.25, -0.2) is 9.97 Å². The zero-order valence-electron chi connectivity index (χ0n) is 8.92. The van der Waals surface area contributed by atoms with Gasteiger partial charge in [-0.15, -0.1) is 0 Å². The van der Waals surface area contributed by atoms with Crippen LogP contribution in [0.1, 0.15) is 11.4 Å². The van der Waals surface area contributed by atoms with Gasteiger partial charge in [0.05, 0.1) is 12.8 Å². The standard InChI is InChI=1S/C11H12N4O/c1-16-10-9(14-7-15-11(10)12)6-8-4-2-3-5-13-8/h2-5,7H,6H2,1H3,(H2,12,14,15). The van der Waals surface area contributed by atoms with E-state index < -0.39 is 0 Å². The smallest absolute Gasteiger partial charge is 0.182 e. The molecule has 5 heteroatoms. The molecule has 0 aliphatic carbocycles. The number of nitrogens with zero attached hydrogens (tertiary/aromatic N) is 3. The molecule has 5 nitrogen and oxygen atoms in total. The Bertz CT molecular complexity index is 473. The first kappa shape index (κ1) is 10.4. The summed E-state index contributed by atoms with van der Waals surface area (Å²) in [5.74, 6) is 0.872. The molecule has 16 heavy (non-hydrogen) atoms. The van der Waals surface area contributed by atoms with Crippen LogP contribution in [0.5, 0.6) is 5.75 Å². The summed E-state index contributed by atoms with van der Waals surface area (Å²) in [6.07, 6.45) is 3.75. The van der Waals surface area contributed by atoms with Gasteiger partial charge in [-0.2, -0.15) is 0 Å². The number of anilines is 1.